The predicted octanol–water partition coefficient (Wildman–Crippen LogP) is 3.78. The number of pyridine rings is 1. The summed E-state index contributed by atoms with van der Waals surface area (Å²) < 4.78 is 0. The number of hydrogen-bond donors (Lipinski definition) is 2. The second kappa shape index (κ2) is 6.44. The molecule has 0 amide bonds. The molecular weight excluding hydrogens is 293 g/mol. The topological polar surface area (TPSA) is 50.9 Å². The van der Waals surface area contributed by atoms with Crippen molar-refractivity contribution in [2.24, 2.45) is 0 Å². The van der Waals surface area contributed by atoms with Gasteiger partial charge in [-0.1, -0.05) is 29.3 Å². The molecule has 3 N–H and O–H groups in total. The van der Waals surface area contributed by atoms with Crippen molar-refractivity contribution in [1.29, 1.82) is 0 Å². The maximum absolute atomic E-state index is 6.24. The fraction of sp³-hybridized carbons (Fsp3) is 0.267. The van der Waals surface area contributed by atoms with Crippen LogP contribution >= 0.6 is 23.2 Å². The highest BCUT2D eigenvalue weighted by molar-refractivity contribution is 6.36. The first-order chi connectivity index (χ1) is 9.54. The van der Waals surface area contributed by atoms with Crippen LogP contribution in [0.4, 0.5) is 5.82 Å². The van der Waals surface area contributed by atoms with E-state index in [4.69, 9.17) is 28.9 Å². The number of rotatable bonds is 4. The molecule has 1 aromatic carbocycles. The average Bonchev–Trinajstić information content (AvgIpc) is 2.40. The lowest BCUT2D eigenvalue weighted by Crippen LogP contribution is -2.22. The van der Waals surface area contributed by atoms with Gasteiger partial charge in [0.2, 0.25) is 0 Å². The summed E-state index contributed by atoms with van der Waals surface area (Å²) in [5, 5.41) is 4.60. The van der Waals surface area contributed by atoms with E-state index < -0.39 is 0 Å². The summed E-state index contributed by atoms with van der Waals surface area (Å²) in [5.41, 5.74) is 9.01. The Morgan fingerprint density at radius 1 is 1.25 bits per heavy atom. The molecular formula is C15H17Cl2N3. The van der Waals surface area contributed by atoms with E-state index in [-0.39, 0.29) is 6.04 Å². The van der Waals surface area contributed by atoms with E-state index in [0.29, 0.717) is 22.3 Å². The molecule has 0 saturated heterocycles. The normalized spacial score (nSPS) is 12.4. The maximum atomic E-state index is 6.24. The van der Waals surface area contributed by atoms with E-state index in [0.717, 1.165) is 16.7 Å². The maximum Gasteiger partial charge on any atom is 0.128 e. The summed E-state index contributed by atoms with van der Waals surface area (Å²) in [6.45, 7) is 2.02. The molecule has 0 spiro atoms. The summed E-state index contributed by atoms with van der Waals surface area (Å²) >= 11 is 12.5. The molecule has 0 aliphatic rings. The van der Waals surface area contributed by atoms with Crippen molar-refractivity contribution in [1.82, 2.24) is 10.3 Å². The largest absolute Gasteiger partial charge is 0.383 e. The van der Waals surface area contributed by atoms with Crippen LogP contribution in [-0.4, -0.2) is 12.0 Å². The van der Waals surface area contributed by atoms with Crippen LogP contribution in [-0.2, 0) is 6.42 Å². The van der Waals surface area contributed by atoms with Crippen molar-refractivity contribution in [3.8, 4) is 0 Å². The molecule has 1 aromatic heterocycles. The van der Waals surface area contributed by atoms with Gasteiger partial charge in [-0.3, -0.25) is 0 Å². The van der Waals surface area contributed by atoms with Crippen LogP contribution in [0.1, 0.15) is 22.7 Å². The first-order valence-electron chi connectivity index (χ1n) is 6.35. The SMILES string of the molecule is CNC(Cc1c(Cl)cccc1Cl)c1c(C)ccnc1N. The number of aryl methyl sites for hydroxylation is 1. The number of benzene rings is 1. The molecule has 1 atom stereocenters. The Morgan fingerprint density at radius 2 is 1.90 bits per heavy atom. The minimum Gasteiger partial charge on any atom is -0.383 e. The third kappa shape index (κ3) is 3.06. The van der Waals surface area contributed by atoms with Crippen LogP contribution < -0.4 is 11.1 Å². The molecule has 0 aliphatic heterocycles. The van der Waals surface area contributed by atoms with Gasteiger partial charge in [0.05, 0.1) is 0 Å². The van der Waals surface area contributed by atoms with Gasteiger partial charge in [0.15, 0.2) is 0 Å². The molecule has 5 heteroatoms. The fourth-order valence-electron chi connectivity index (χ4n) is 2.32. The quantitative estimate of drug-likeness (QED) is 0.903. The molecule has 0 aliphatic carbocycles. The zero-order chi connectivity index (χ0) is 14.7. The molecule has 2 aromatic rings. The monoisotopic (exact) mass is 309 g/mol. The lowest BCUT2D eigenvalue weighted by Gasteiger charge is -2.21. The van der Waals surface area contributed by atoms with Crippen LogP contribution in [0.3, 0.4) is 0 Å². The Balaban J connectivity index is 2.39. The highest BCUT2D eigenvalue weighted by atomic mass is 35.5. The number of nitrogens with zero attached hydrogens (tertiary/aromatic N) is 1. The third-order valence-corrected chi connectivity index (χ3v) is 4.11. The van der Waals surface area contributed by atoms with Crippen molar-refractivity contribution in [2.45, 2.75) is 19.4 Å². The summed E-state index contributed by atoms with van der Waals surface area (Å²) in [4.78, 5) is 4.17. The van der Waals surface area contributed by atoms with E-state index in [2.05, 4.69) is 10.3 Å². The lowest BCUT2D eigenvalue weighted by atomic mass is 9.96. The summed E-state index contributed by atoms with van der Waals surface area (Å²) in [6.07, 6.45) is 2.37. The van der Waals surface area contributed by atoms with E-state index in [1.54, 1.807) is 6.20 Å². The minimum atomic E-state index is 0.0149. The van der Waals surface area contributed by atoms with Gasteiger partial charge in [-0.2, -0.15) is 0 Å². The second-order valence-electron chi connectivity index (χ2n) is 4.67. The second-order valence-corrected chi connectivity index (χ2v) is 5.49. The number of likely N-dealkylation sites (N-methyl/N-ethyl adjacent to an activating group) is 1. The van der Waals surface area contributed by atoms with Gasteiger partial charge in [0.1, 0.15) is 5.82 Å². The number of aromatic nitrogens is 1. The van der Waals surface area contributed by atoms with Crippen LogP contribution in [0, 0.1) is 6.92 Å². The van der Waals surface area contributed by atoms with Gasteiger partial charge in [0, 0.05) is 27.8 Å². The number of nitrogen functional groups attached to an aromatic ring is 1. The standard InChI is InChI=1S/C15H17Cl2N3/c1-9-6-7-20-15(18)14(9)13(19-2)8-10-11(16)4-3-5-12(10)17/h3-7,13,19H,8H2,1-2H3,(H2,18,20). The average molecular weight is 310 g/mol. The number of nitrogens with two attached hydrogens (primary N) is 1. The van der Waals surface area contributed by atoms with E-state index >= 15 is 0 Å². The Labute approximate surface area is 129 Å². The van der Waals surface area contributed by atoms with Gasteiger partial charge in [-0.15, -0.1) is 0 Å². The third-order valence-electron chi connectivity index (χ3n) is 3.41. The van der Waals surface area contributed by atoms with Crippen LogP contribution in [0.15, 0.2) is 30.5 Å². The van der Waals surface area contributed by atoms with Gasteiger partial charge in [0.25, 0.3) is 0 Å². The van der Waals surface area contributed by atoms with Crippen molar-refractivity contribution >= 4 is 29.0 Å². The van der Waals surface area contributed by atoms with Gasteiger partial charge >= 0.3 is 0 Å². The lowest BCUT2D eigenvalue weighted by molar-refractivity contribution is 0.589. The van der Waals surface area contributed by atoms with Gasteiger partial charge < -0.3 is 11.1 Å². The van der Waals surface area contributed by atoms with Crippen LogP contribution in [0.25, 0.3) is 0 Å². The summed E-state index contributed by atoms with van der Waals surface area (Å²) in [5.74, 6) is 0.535. The Hall–Kier alpha value is -1.29. The number of nitrogens with one attached hydrogen (secondary N) is 1. The fourth-order valence-corrected chi connectivity index (χ4v) is 2.88. The highest BCUT2D eigenvalue weighted by Gasteiger charge is 2.19. The Bertz CT molecular complexity index is 574. The Kier molecular flexibility index (Phi) is 4.86. The zero-order valence-electron chi connectivity index (χ0n) is 11.5. The number of hydrogen-bond acceptors (Lipinski definition) is 3. The van der Waals surface area contributed by atoms with E-state index in [1.807, 2.05) is 38.2 Å². The summed E-state index contributed by atoms with van der Waals surface area (Å²) in [6, 6.07) is 7.49. The number of halogens is 2. The molecule has 1 heterocycles. The van der Waals surface area contributed by atoms with Gasteiger partial charge in [-0.25, -0.2) is 4.98 Å². The highest BCUT2D eigenvalue weighted by Crippen LogP contribution is 2.31. The van der Waals surface area contributed by atoms with Gasteiger partial charge in [-0.05, 0) is 49.7 Å². The Morgan fingerprint density at radius 3 is 2.45 bits per heavy atom. The smallest absolute Gasteiger partial charge is 0.128 e. The van der Waals surface area contributed by atoms with Crippen molar-refractivity contribution in [3.05, 3.63) is 57.2 Å². The number of anilines is 1. The minimum absolute atomic E-state index is 0.0149. The first-order valence-corrected chi connectivity index (χ1v) is 7.11. The van der Waals surface area contributed by atoms with Crippen molar-refractivity contribution in [2.75, 3.05) is 12.8 Å². The molecule has 0 radical (unpaired) electrons. The van der Waals surface area contributed by atoms with Crippen LogP contribution in [0.5, 0.6) is 0 Å². The molecule has 3 nitrogen and oxygen atoms in total. The van der Waals surface area contributed by atoms with Crippen LogP contribution in [0.2, 0.25) is 10.0 Å². The molecule has 106 valence electrons. The predicted molar refractivity (Wildman–Crippen MR) is 85.4 cm³/mol. The molecule has 20 heavy (non-hydrogen) atoms. The van der Waals surface area contributed by atoms with Crippen molar-refractivity contribution in [3.63, 3.8) is 0 Å². The van der Waals surface area contributed by atoms with Crippen molar-refractivity contribution < 1.29 is 0 Å². The molecule has 0 bridgehead atoms. The first kappa shape index (κ1) is 15.1. The molecule has 0 saturated carbocycles. The summed E-state index contributed by atoms with van der Waals surface area (Å²) in [7, 11) is 1.89. The molecule has 1 unspecified atom stereocenters. The van der Waals surface area contributed by atoms with E-state index in [1.165, 1.54) is 0 Å². The molecule has 2 rings (SSSR count). The van der Waals surface area contributed by atoms with E-state index in [9.17, 15) is 0 Å². The zero-order valence-corrected chi connectivity index (χ0v) is 13.0. The molecule has 0 fully saturated rings.